The van der Waals surface area contributed by atoms with E-state index in [-0.39, 0.29) is 0 Å². The fraction of sp³-hybridized carbons (Fsp3) is 0.0909. The molecule has 0 amide bonds. The molecule has 0 bridgehead atoms. The molecule has 0 atom stereocenters. The summed E-state index contributed by atoms with van der Waals surface area (Å²) >= 11 is 0. The van der Waals surface area contributed by atoms with Crippen molar-refractivity contribution in [3.8, 4) is 11.8 Å². The van der Waals surface area contributed by atoms with Gasteiger partial charge in [-0.15, -0.1) is 0 Å². The van der Waals surface area contributed by atoms with Gasteiger partial charge in [0, 0.05) is 28.1 Å². The van der Waals surface area contributed by atoms with Crippen molar-refractivity contribution >= 4 is 12.0 Å². The highest BCUT2D eigenvalue weighted by Gasteiger charge is 1.97. The van der Waals surface area contributed by atoms with Crippen LogP contribution in [0.3, 0.4) is 0 Å². The summed E-state index contributed by atoms with van der Waals surface area (Å²) in [5, 5.41) is 0. The van der Waals surface area contributed by atoms with Crippen LogP contribution in [-0.2, 0) is 0 Å². The fourth-order valence-electron chi connectivity index (χ4n) is 2.12. The van der Waals surface area contributed by atoms with Gasteiger partial charge in [-0.1, -0.05) is 48.8 Å². The molecule has 0 spiro atoms. The van der Waals surface area contributed by atoms with Gasteiger partial charge in [-0.3, -0.25) is 9.79 Å². The van der Waals surface area contributed by atoms with Crippen LogP contribution in [0.2, 0.25) is 0 Å². The molecule has 24 heavy (non-hydrogen) atoms. The number of hydrogen-bond acceptors (Lipinski definition) is 2. The number of rotatable bonds is 4. The third-order valence-corrected chi connectivity index (χ3v) is 3.40. The van der Waals surface area contributed by atoms with Crippen LogP contribution in [0.15, 0.2) is 78.0 Å². The number of benzene rings is 2. The zero-order chi connectivity index (χ0) is 17.4. The van der Waals surface area contributed by atoms with Crippen LogP contribution in [0, 0.1) is 11.8 Å². The van der Waals surface area contributed by atoms with Gasteiger partial charge >= 0.3 is 0 Å². The Morgan fingerprint density at radius 1 is 0.958 bits per heavy atom. The van der Waals surface area contributed by atoms with E-state index in [1.165, 1.54) is 0 Å². The molecule has 118 valence electrons. The van der Waals surface area contributed by atoms with Gasteiger partial charge in [-0.2, -0.15) is 0 Å². The van der Waals surface area contributed by atoms with E-state index in [2.05, 4.69) is 23.4 Å². The van der Waals surface area contributed by atoms with Crippen LogP contribution < -0.4 is 0 Å². The van der Waals surface area contributed by atoms with Crippen molar-refractivity contribution in [3.05, 3.63) is 95.2 Å². The number of aliphatic imine (C=N–C) groups is 1. The zero-order valence-corrected chi connectivity index (χ0v) is 13.9. The van der Waals surface area contributed by atoms with Gasteiger partial charge in [0.2, 0.25) is 0 Å². The van der Waals surface area contributed by atoms with Crippen LogP contribution >= 0.6 is 0 Å². The Labute approximate surface area is 143 Å². The molecule has 2 nitrogen and oxygen atoms in total. The van der Waals surface area contributed by atoms with Gasteiger partial charge in [-0.25, -0.2) is 0 Å². The first-order valence-corrected chi connectivity index (χ1v) is 7.64. The third-order valence-electron chi connectivity index (χ3n) is 3.40. The second-order valence-electron chi connectivity index (χ2n) is 5.31. The standard InChI is InChI=1S/C22H19NO/c1-4-5-17(2)23-18(3)22-14-12-20(13-15-22)7-6-19-8-10-21(16-24)11-9-19/h4-5,8-16H,1H2,2-3H3/b17-5+,23-18?. The first-order valence-electron chi connectivity index (χ1n) is 7.64. The minimum atomic E-state index is 0.653. The number of carbonyl (C=O) groups excluding carboxylic acids is 1. The van der Waals surface area contributed by atoms with Gasteiger partial charge in [0.15, 0.2) is 0 Å². The lowest BCUT2D eigenvalue weighted by Crippen LogP contribution is -1.94. The number of hydrogen-bond donors (Lipinski definition) is 0. The number of allylic oxidation sites excluding steroid dienone is 3. The molecule has 0 aromatic heterocycles. The number of carbonyl (C=O) groups is 1. The Morgan fingerprint density at radius 3 is 2.00 bits per heavy atom. The van der Waals surface area contributed by atoms with E-state index in [0.29, 0.717) is 5.56 Å². The second kappa shape index (κ2) is 8.45. The lowest BCUT2D eigenvalue weighted by atomic mass is 10.1. The average Bonchev–Trinajstić information content (AvgIpc) is 2.61. The molecule has 0 heterocycles. The molecule has 0 aliphatic heterocycles. The van der Waals surface area contributed by atoms with Crippen molar-refractivity contribution in [3.63, 3.8) is 0 Å². The summed E-state index contributed by atoms with van der Waals surface area (Å²) in [5.41, 5.74) is 5.41. The lowest BCUT2D eigenvalue weighted by Gasteiger charge is -2.01. The SMILES string of the molecule is C=C/C=C(\C)N=C(C)c1ccc(C#Cc2ccc(C=O)cc2)cc1. The predicted octanol–water partition coefficient (Wildman–Crippen LogP) is 4.80. The number of aldehydes is 1. The fourth-order valence-corrected chi connectivity index (χ4v) is 2.12. The summed E-state index contributed by atoms with van der Waals surface area (Å²) in [5.74, 6) is 6.22. The third kappa shape index (κ3) is 4.93. The van der Waals surface area contributed by atoms with Crippen LogP contribution in [0.5, 0.6) is 0 Å². The summed E-state index contributed by atoms with van der Waals surface area (Å²) in [6.07, 6.45) is 4.43. The van der Waals surface area contributed by atoms with Crippen LogP contribution in [-0.4, -0.2) is 12.0 Å². The van der Waals surface area contributed by atoms with Crippen LogP contribution in [0.1, 0.15) is 40.9 Å². The lowest BCUT2D eigenvalue weighted by molar-refractivity contribution is 0.112. The first-order chi connectivity index (χ1) is 11.6. The van der Waals surface area contributed by atoms with E-state index < -0.39 is 0 Å². The van der Waals surface area contributed by atoms with Crippen molar-refractivity contribution in [2.45, 2.75) is 13.8 Å². The van der Waals surface area contributed by atoms with Gasteiger partial charge in [0.1, 0.15) is 6.29 Å². The van der Waals surface area contributed by atoms with Gasteiger partial charge < -0.3 is 0 Å². The molecule has 0 aliphatic carbocycles. The van der Waals surface area contributed by atoms with E-state index in [4.69, 9.17) is 0 Å². The van der Waals surface area contributed by atoms with Gasteiger partial charge in [0.25, 0.3) is 0 Å². The van der Waals surface area contributed by atoms with Crippen LogP contribution in [0.25, 0.3) is 0 Å². The summed E-state index contributed by atoms with van der Waals surface area (Å²) in [6, 6.07) is 15.2. The summed E-state index contributed by atoms with van der Waals surface area (Å²) in [7, 11) is 0. The predicted molar refractivity (Wildman–Crippen MR) is 100 cm³/mol. The maximum absolute atomic E-state index is 10.6. The highest BCUT2D eigenvalue weighted by Crippen LogP contribution is 2.08. The quantitative estimate of drug-likeness (QED) is 0.345. The molecular weight excluding hydrogens is 294 g/mol. The maximum Gasteiger partial charge on any atom is 0.150 e. The largest absolute Gasteiger partial charge is 0.298 e. The summed E-state index contributed by atoms with van der Waals surface area (Å²) in [6.45, 7) is 7.60. The summed E-state index contributed by atoms with van der Waals surface area (Å²) < 4.78 is 0. The number of nitrogens with zero attached hydrogens (tertiary/aromatic N) is 1. The van der Waals surface area contributed by atoms with Crippen molar-refractivity contribution in [1.29, 1.82) is 0 Å². The Kier molecular flexibility index (Phi) is 6.05. The van der Waals surface area contributed by atoms with E-state index in [1.807, 2.05) is 56.3 Å². The molecular formula is C22H19NO. The van der Waals surface area contributed by atoms with Crippen LogP contribution in [0.4, 0.5) is 0 Å². The molecule has 2 aromatic rings. The van der Waals surface area contributed by atoms with Crippen molar-refractivity contribution in [2.24, 2.45) is 4.99 Å². The van der Waals surface area contributed by atoms with E-state index >= 15 is 0 Å². The molecule has 2 rings (SSSR count). The summed E-state index contributed by atoms with van der Waals surface area (Å²) in [4.78, 5) is 15.2. The highest BCUT2D eigenvalue weighted by atomic mass is 16.1. The molecule has 0 saturated carbocycles. The first kappa shape index (κ1) is 17.2. The molecule has 0 aliphatic rings. The smallest absolute Gasteiger partial charge is 0.150 e. The minimum Gasteiger partial charge on any atom is -0.298 e. The molecule has 2 heteroatoms. The zero-order valence-electron chi connectivity index (χ0n) is 13.9. The molecule has 0 unspecified atom stereocenters. The topological polar surface area (TPSA) is 29.4 Å². The molecule has 2 aromatic carbocycles. The average molecular weight is 313 g/mol. The molecule has 0 N–H and O–H groups in total. The van der Waals surface area contributed by atoms with E-state index in [9.17, 15) is 4.79 Å². The molecule has 0 radical (unpaired) electrons. The van der Waals surface area contributed by atoms with Gasteiger partial charge in [-0.05, 0) is 49.8 Å². The molecule has 0 saturated heterocycles. The second-order valence-corrected chi connectivity index (χ2v) is 5.31. The maximum atomic E-state index is 10.6. The Morgan fingerprint density at radius 2 is 1.50 bits per heavy atom. The van der Waals surface area contributed by atoms with Crippen molar-refractivity contribution < 1.29 is 4.79 Å². The Bertz CT molecular complexity index is 842. The normalized spacial score (nSPS) is 11.4. The monoisotopic (exact) mass is 313 g/mol. The minimum absolute atomic E-state index is 0.653. The molecule has 0 fully saturated rings. The van der Waals surface area contributed by atoms with Crippen molar-refractivity contribution in [1.82, 2.24) is 0 Å². The Hall–Kier alpha value is -3.18. The highest BCUT2D eigenvalue weighted by molar-refractivity contribution is 5.99. The van der Waals surface area contributed by atoms with E-state index in [0.717, 1.165) is 34.4 Å². The van der Waals surface area contributed by atoms with Gasteiger partial charge in [0.05, 0.1) is 0 Å². The Balaban J connectivity index is 2.15. The van der Waals surface area contributed by atoms with E-state index in [1.54, 1.807) is 18.2 Å². The van der Waals surface area contributed by atoms with Crippen molar-refractivity contribution in [2.75, 3.05) is 0 Å².